The van der Waals surface area contributed by atoms with E-state index in [9.17, 15) is 15.2 Å². The Bertz CT molecular complexity index is 1120. The van der Waals surface area contributed by atoms with E-state index in [0.717, 1.165) is 39.9 Å². The van der Waals surface area contributed by atoms with Crippen molar-refractivity contribution in [2.75, 3.05) is 0 Å². The Kier molecular flexibility index (Phi) is 5.61. The Hall–Kier alpha value is -3.10. The van der Waals surface area contributed by atoms with Crippen molar-refractivity contribution in [2.45, 2.75) is 24.7 Å². The molecule has 0 bridgehead atoms. The molecule has 0 saturated heterocycles. The fourth-order valence-corrected chi connectivity index (χ4v) is 4.17. The summed E-state index contributed by atoms with van der Waals surface area (Å²) in [6.07, 6.45) is 2.07. The third-order valence-electron chi connectivity index (χ3n) is 5.53. The molecule has 3 aromatic carbocycles. The number of halogens is 1. The summed E-state index contributed by atoms with van der Waals surface area (Å²) in [5.74, 6) is 0.283. The van der Waals surface area contributed by atoms with Crippen LogP contribution in [0.5, 0.6) is 11.5 Å². The van der Waals surface area contributed by atoms with E-state index in [4.69, 9.17) is 4.74 Å². The summed E-state index contributed by atoms with van der Waals surface area (Å²) in [7, 11) is 0. The van der Waals surface area contributed by atoms with E-state index in [1.807, 2.05) is 66.7 Å². The van der Waals surface area contributed by atoms with Crippen molar-refractivity contribution in [3.8, 4) is 17.6 Å². The van der Waals surface area contributed by atoms with Crippen LogP contribution in [0.15, 0.2) is 77.3 Å². The zero-order valence-corrected chi connectivity index (χ0v) is 17.8. The predicted octanol–water partition coefficient (Wildman–Crippen LogP) is 6.09. The van der Waals surface area contributed by atoms with Crippen molar-refractivity contribution in [3.05, 3.63) is 94.0 Å². The van der Waals surface area contributed by atoms with Crippen LogP contribution in [-0.2, 0) is 16.6 Å². The average molecular weight is 462 g/mol. The van der Waals surface area contributed by atoms with Gasteiger partial charge in [0, 0.05) is 10.9 Å². The molecule has 1 unspecified atom stereocenters. The maximum atomic E-state index is 12.1. The second-order valence-corrected chi connectivity index (χ2v) is 8.36. The molecule has 1 aliphatic carbocycles. The summed E-state index contributed by atoms with van der Waals surface area (Å²) in [6.45, 7) is 0. The van der Waals surface area contributed by atoms with Gasteiger partial charge in [-0.15, -0.1) is 0 Å². The number of ether oxygens (including phenoxy) is 1. The molecule has 5 heteroatoms. The molecule has 3 aromatic rings. The van der Waals surface area contributed by atoms with Crippen LogP contribution >= 0.6 is 15.9 Å². The molecule has 0 radical (unpaired) electrons. The Morgan fingerprint density at radius 2 is 1.77 bits per heavy atom. The summed E-state index contributed by atoms with van der Waals surface area (Å²) in [5.41, 5.74) is 0.941. The molecule has 4 rings (SSSR count). The maximum Gasteiger partial charge on any atom is 0.328 e. The highest BCUT2D eigenvalue weighted by Crippen LogP contribution is 2.48. The maximum absolute atomic E-state index is 12.1. The lowest BCUT2D eigenvalue weighted by molar-refractivity contribution is -0.142. The average Bonchev–Trinajstić information content (AvgIpc) is 3.59. The number of benzene rings is 3. The third kappa shape index (κ3) is 3.83. The van der Waals surface area contributed by atoms with Crippen molar-refractivity contribution in [2.24, 2.45) is 5.92 Å². The number of carboxylic acid groups (broad SMARTS) is 1. The molecule has 150 valence electrons. The number of carbonyl (C=O) groups is 1. The van der Waals surface area contributed by atoms with Gasteiger partial charge >= 0.3 is 5.97 Å². The Labute approximate surface area is 183 Å². The molecule has 0 heterocycles. The Balaban J connectivity index is 1.69. The fourth-order valence-electron chi connectivity index (χ4n) is 3.78. The van der Waals surface area contributed by atoms with Gasteiger partial charge in [0.25, 0.3) is 0 Å². The van der Waals surface area contributed by atoms with Crippen molar-refractivity contribution in [3.63, 3.8) is 0 Å². The molecule has 1 saturated carbocycles. The zero-order valence-electron chi connectivity index (χ0n) is 16.2. The second-order valence-electron chi connectivity index (χ2n) is 7.51. The fraction of sp³-hybridized carbons (Fsp3) is 0.200. The van der Waals surface area contributed by atoms with Gasteiger partial charge in [0.1, 0.15) is 11.5 Å². The van der Waals surface area contributed by atoms with Crippen molar-refractivity contribution < 1.29 is 14.6 Å². The predicted molar refractivity (Wildman–Crippen MR) is 118 cm³/mol. The quantitative estimate of drug-likeness (QED) is 0.462. The van der Waals surface area contributed by atoms with Gasteiger partial charge in [-0.25, -0.2) is 0 Å². The molecular weight excluding hydrogens is 442 g/mol. The minimum atomic E-state index is -1.49. The third-order valence-corrected chi connectivity index (χ3v) is 6.30. The van der Waals surface area contributed by atoms with Crippen molar-refractivity contribution >= 4 is 21.9 Å². The van der Waals surface area contributed by atoms with Gasteiger partial charge in [-0.3, -0.25) is 4.79 Å². The van der Waals surface area contributed by atoms with Crippen LogP contribution in [0.25, 0.3) is 0 Å². The molecule has 0 aromatic heterocycles. The van der Waals surface area contributed by atoms with Crippen molar-refractivity contribution in [1.29, 1.82) is 5.26 Å². The molecular formula is C25H20BrNO3. The van der Waals surface area contributed by atoms with E-state index in [1.54, 1.807) is 6.07 Å². The minimum absolute atomic E-state index is 0.136. The number of para-hydroxylation sites is 2. The topological polar surface area (TPSA) is 70.3 Å². The second kappa shape index (κ2) is 8.33. The van der Waals surface area contributed by atoms with E-state index in [0.29, 0.717) is 12.0 Å². The van der Waals surface area contributed by atoms with E-state index in [1.165, 1.54) is 0 Å². The van der Waals surface area contributed by atoms with Gasteiger partial charge in [0.2, 0.25) is 0 Å². The van der Waals surface area contributed by atoms with E-state index in [2.05, 4.69) is 22.0 Å². The lowest BCUT2D eigenvalue weighted by atomic mass is 9.76. The van der Waals surface area contributed by atoms with Crippen LogP contribution in [0.2, 0.25) is 0 Å². The number of aliphatic carboxylic acids is 1. The molecule has 1 aliphatic rings. The number of rotatable bonds is 7. The van der Waals surface area contributed by atoms with Crippen LogP contribution < -0.4 is 4.74 Å². The SMILES string of the molecule is N#CC(C(=O)O)(c1ccc(Br)c(Cc2ccccc2Oc2ccccc2)c1)C1CC1. The molecule has 0 aliphatic heterocycles. The van der Waals surface area contributed by atoms with Crippen LogP contribution in [0.3, 0.4) is 0 Å². The first-order chi connectivity index (χ1) is 14.5. The first-order valence-corrected chi connectivity index (χ1v) is 10.6. The monoisotopic (exact) mass is 461 g/mol. The first kappa shape index (κ1) is 20.2. The van der Waals surface area contributed by atoms with Gasteiger partial charge in [-0.2, -0.15) is 5.26 Å². The summed E-state index contributed by atoms with van der Waals surface area (Å²) >= 11 is 3.59. The highest BCUT2D eigenvalue weighted by atomic mass is 79.9. The molecule has 1 fully saturated rings. The smallest absolute Gasteiger partial charge is 0.328 e. The number of carboxylic acids is 1. The molecule has 0 spiro atoms. The first-order valence-electron chi connectivity index (χ1n) is 9.79. The van der Waals surface area contributed by atoms with Gasteiger partial charge < -0.3 is 9.84 Å². The number of nitrogens with zero attached hydrogens (tertiary/aromatic N) is 1. The number of hydrogen-bond acceptors (Lipinski definition) is 3. The largest absolute Gasteiger partial charge is 0.480 e. The van der Waals surface area contributed by atoms with Crippen LogP contribution in [0.4, 0.5) is 0 Å². The van der Waals surface area contributed by atoms with E-state index < -0.39 is 11.4 Å². The van der Waals surface area contributed by atoms with Crippen molar-refractivity contribution in [1.82, 2.24) is 0 Å². The summed E-state index contributed by atoms with van der Waals surface area (Å²) in [5, 5.41) is 19.7. The standard InChI is InChI=1S/C25H20BrNO3/c26-22-13-12-20(25(16-27,24(28)29)19-10-11-19)15-18(22)14-17-6-4-5-9-23(17)30-21-7-2-1-3-8-21/h1-9,12-13,15,19H,10-11,14H2,(H,28,29). The summed E-state index contributed by atoms with van der Waals surface area (Å²) < 4.78 is 6.93. The lowest BCUT2D eigenvalue weighted by Gasteiger charge is -2.23. The van der Waals surface area contributed by atoms with Crippen LogP contribution in [-0.4, -0.2) is 11.1 Å². The van der Waals surface area contributed by atoms with Gasteiger partial charge in [-0.1, -0.05) is 64.5 Å². The Morgan fingerprint density at radius 3 is 2.43 bits per heavy atom. The zero-order chi connectivity index (χ0) is 21.1. The summed E-state index contributed by atoms with van der Waals surface area (Å²) in [6, 6.07) is 24.9. The number of nitriles is 1. The molecule has 30 heavy (non-hydrogen) atoms. The van der Waals surface area contributed by atoms with Gasteiger partial charge in [0.15, 0.2) is 5.41 Å². The molecule has 1 atom stereocenters. The molecule has 1 N–H and O–H groups in total. The summed E-state index contributed by atoms with van der Waals surface area (Å²) in [4.78, 5) is 12.1. The van der Waals surface area contributed by atoms with E-state index >= 15 is 0 Å². The highest BCUT2D eigenvalue weighted by molar-refractivity contribution is 9.10. The molecule has 0 amide bonds. The molecule has 4 nitrogen and oxygen atoms in total. The van der Waals surface area contributed by atoms with E-state index in [-0.39, 0.29) is 5.92 Å². The van der Waals surface area contributed by atoms with Crippen LogP contribution in [0.1, 0.15) is 29.5 Å². The lowest BCUT2D eigenvalue weighted by Crippen LogP contribution is -2.36. The minimum Gasteiger partial charge on any atom is -0.480 e. The van der Waals surface area contributed by atoms with Gasteiger partial charge in [0.05, 0.1) is 6.07 Å². The van der Waals surface area contributed by atoms with Crippen LogP contribution in [0, 0.1) is 17.2 Å². The highest BCUT2D eigenvalue weighted by Gasteiger charge is 2.53. The number of hydrogen-bond donors (Lipinski definition) is 1. The van der Waals surface area contributed by atoms with Gasteiger partial charge in [-0.05, 0) is 59.7 Å². The Morgan fingerprint density at radius 1 is 1.07 bits per heavy atom. The normalized spacial score (nSPS) is 15.1.